The average Bonchev–Trinajstić information content (AvgIpc) is 2.90. The van der Waals surface area contributed by atoms with Gasteiger partial charge < -0.3 is 10.1 Å². The number of cyclic esters (lactones) is 1. The summed E-state index contributed by atoms with van der Waals surface area (Å²) in [5, 5.41) is 5.99. The Morgan fingerprint density at radius 1 is 1.22 bits per heavy atom. The molecule has 1 atom stereocenters. The van der Waals surface area contributed by atoms with E-state index in [0.717, 1.165) is 38.5 Å². The fraction of sp³-hybridized carbons (Fsp3) is 0.800. The average molecular weight is 324 g/mol. The number of hydrogen-bond acceptors (Lipinski definition) is 5. The molecule has 1 aliphatic rings. The first-order chi connectivity index (χ1) is 11.1. The van der Waals surface area contributed by atoms with Crippen LogP contribution in [0.1, 0.15) is 57.8 Å². The third kappa shape index (κ3) is 8.83. The van der Waals surface area contributed by atoms with Gasteiger partial charge in [-0.1, -0.05) is 30.8 Å². The number of esters is 1. The van der Waals surface area contributed by atoms with Crippen LogP contribution in [-0.4, -0.2) is 36.9 Å². The van der Waals surface area contributed by atoms with E-state index >= 15 is 0 Å². The number of amides is 1. The Morgan fingerprint density at radius 3 is 2.57 bits per heavy atom. The lowest BCUT2D eigenvalue weighted by molar-refractivity contribution is -0.142. The molecule has 0 bridgehead atoms. The summed E-state index contributed by atoms with van der Waals surface area (Å²) in [6.07, 6.45) is 6.41. The summed E-state index contributed by atoms with van der Waals surface area (Å²) >= 11 is 0. The highest BCUT2D eigenvalue weighted by molar-refractivity contribution is 5.99. The van der Waals surface area contributed by atoms with Crippen molar-refractivity contribution in [1.82, 2.24) is 5.32 Å². The molecule has 1 fully saturated rings. The number of ketones is 1. The van der Waals surface area contributed by atoms with Gasteiger partial charge >= 0.3 is 5.97 Å². The van der Waals surface area contributed by atoms with Crippen molar-refractivity contribution in [2.24, 2.45) is 5.11 Å². The maximum Gasteiger partial charge on any atom is 0.328 e. The van der Waals surface area contributed by atoms with Crippen LogP contribution >= 0.6 is 0 Å². The van der Waals surface area contributed by atoms with Gasteiger partial charge in [0.25, 0.3) is 0 Å². The van der Waals surface area contributed by atoms with Gasteiger partial charge in [-0.3, -0.25) is 9.59 Å². The van der Waals surface area contributed by atoms with Crippen molar-refractivity contribution in [2.45, 2.75) is 63.8 Å². The van der Waals surface area contributed by atoms with Crippen molar-refractivity contribution in [1.29, 1.82) is 0 Å². The molecule has 0 aromatic carbocycles. The van der Waals surface area contributed by atoms with E-state index in [1.165, 1.54) is 0 Å². The molecule has 0 aromatic rings. The lowest BCUT2D eigenvalue weighted by atomic mass is 10.1. The highest BCUT2D eigenvalue weighted by atomic mass is 16.5. The first-order valence-electron chi connectivity index (χ1n) is 8.12. The molecule has 1 aliphatic heterocycles. The smallest absolute Gasteiger partial charge is 0.328 e. The Morgan fingerprint density at radius 2 is 1.91 bits per heavy atom. The molecule has 1 saturated heterocycles. The van der Waals surface area contributed by atoms with Gasteiger partial charge in [0.05, 0.1) is 13.0 Å². The Kier molecular flexibility index (Phi) is 9.47. The Labute approximate surface area is 135 Å². The summed E-state index contributed by atoms with van der Waals surface area (Å²) in [6, 6.07) is -0.597. The van der Waals surface area contributed by atoms with E-state index in [1.807, 2.05) is 0 Å². The van der Waals surface area contributed by atoms with Crippen molar-refractivity contribution in [3.05, 3.63) is 10.4 Å². The molecule has 8 heteroatoms. The molecule has 1 heterocycles. The Bertz CT molecular complexity index is 460. The topological polar surface area (TPSA) is 121 Å². The van der Waals surface area contributed by atoms with Crippen molar-refractivity contribution in [3.63, 3.8) is 0 Å². The molecule has 8 nitrogen and oxygen atoms in total. The third-order valence-corrected chi connectivity index (χ3v) is 3.66. The first kappa shape index (κ1) is 19.0. The minimum absolute atomic E-state index is 0.0998. The van der Waals surface area contributed by atoms with Gasteiger partial charge in [-0.2, -0.15) is 0 Å². The molecule has 128 valence electrons. The van der Waals surface area contributed by atoms with Crippen molar-refractivity contribution < 1.29 is 19.1 Å². The fourth-order valence-electron chi connectivity index (χ4n) is 2.40. The molecule has 23 heavy (non-hydrogen) atoms. The molecule has 0 spiro atoms. The molecule has 0 radical (unpaired) electrons. The highest BCUT2D eigenvalue weighted by Gasteiger charge is 2.28. The van der Waals surface area contributed by atoms with Gasteiger partial charge in [0.15, 0.2) is 0 Å². The molecule has 1 unspecified atom stereocenters. The second-order valence-corrected chi connectivity index (χ2v) is 5.62. The standard InChI is InChI=1S/C15H24N4O4/c16-19-17-9-6-4-2-1-3-5-7-12(20)11-14(21)18-13-8-10-23-15(13)22/h13H,1-11H2,(H,18,21). The number of rotatable bonds is 12. The maximum absolute atomic E-state index is 11.7. The first-order valence-corrected chi connectivity index (χ1v) is 8.12. The van der Waals surface area contributed by atoms with Crippen LogP contribution in [0, 0.1) is 0 Å². The van der Waals surface area contributed by atoms with E-state index in [4.69, 9.17) is 10.3 Å². The second kappa shape index (κ2) is 11.5. The van der Waals surface area contributed by atoms with Crippen molar-refractivity contribution in [3.8, 4) is 0 Å². The van der Waals surface area contributed by atoms with Gasteiger partial charge in [-0.05, 0) is 18.4 Å². The number of hydrogen-bond donors (Lipinski definition) is 1. The zero-order chi connectivity index (χ0) is 16.9. The molecule has 0 aliphatic carbocycles. The predicted octanol–water partition coefficient (Wildman–Crippen LogP) is 2.42. The SMILES string of the molecule is [N-]=[N+]=NCCCCCCCCC(=O)CC(=O)NC1CCOC1=O. The fourth-order valence-corrected chi connectivity index (χ4v) is 2.40. The molecule has 0 saturated carbocycles. The van der Waals surface area contributed by atoms with Crippen LogP contribution in [-0.2, 0) is 19.1 Å². The number of unbranched alkanes of at least 4 members (excludes halogenated alkanes) is 5. The third-order valence-electron chi connectivity index (χ3n) is 3.66. The number of nitrogens with zero attached hydrogens (tertiary/aromatic N) is 3. The number of carbonyl (C=O) groups excluding carboxylic acids is 3. The van der Waals surface area contributed by atoms with Crippen molar-refractivity contribution >= 4 is 17.7 Å². The largest absolute Gasteiger partial charge is 0.464 e. The van der Waals surface area contributed by atoms with Crippen LogP contribution in [0.3, 0.4) is 0 Å². The molecule has 0 aromatic heterocycles. The normalized spacial score (nSPS) is 16.5. The minimum atomic E-state index is -0.597. The van der Waals surface area contributed by atoms with Crippen LogP contribution in [0.25, 0.3) is 10.4 Å². The summed E-state index contributed by atoms with van der Waals surface area (Å²) in [6.45, 7) is 0.860. The van der Waals surface area contributed by atoms with Crippen LogP contribution in [0.2, 0.25) is 0 Å². The number of nitrogens with one attached hydrogen (secondary N) is 1. The van der Waals surface area contributed by atoms with Crippen molar-refractivity contribution in [2.75, 3.05) is 13.2 Å². The number of azide groups is 1. The zero-order valence-electron chi connectivity index (χ0n) is 13.3. The van der Waals surface area contributed by atoms with E-state index < -0.39 is 17.9 Å². The molecular formula is C15H24N4O4. The Balaban J connectivity index is 1.98. The van der Waals surface area contributed by atoms with E-state index in [2.05, 4.69) is 15.3 Å². The van der Waals surface area contributed by atoms with Gasteiger partial charge in [-0.15, -0.1) is 0 Å². The van der Waals surface area contributed by atoms with Gasteiger partial charge in [0, 0.05) is 24.3 Å². The van der Waals surface area contributed by atoms with Crippen LogP contribution in [0.4, 0.5) is 0 Å². The monoisotopic (exact) mass is 324 g/mol. The minimum Gasteiger partial charge on any atom is -0.464 e. The summed E-state index contributed by atoms with van der Waals surface area (Å²) in [4.78, 5) is 37.2. The zero-order valence-corrected chi connectivity index (χ0v) is 13.3. The Hall–Kier alpha value is -2.08. The molecule has 1 amide bonds. The predicted molar refractivity (Wildman–Crippen MR) is 83.5 cm³/mol. The van der Waals surface area contributed by atoms with Gasteiger partial charge in [0.2, 0.25) is 5.91 Å². The second-order valence-electron chi connectivity index (χ2n) is 5.62. The number of carbonyl (C=O) groups is 3. The summed E-state index contributed by atoms with van der Waals surface area (Å²) in [5.41, 5.74) is 8.12. The van der Waals surface area contributed by atoms with E-state index in [-0.39, 0.29) is 12.2 Å². The van der Waals surface area contributed by atoms with E-state index in [0.29, 0.717) is 26.0 Å². The maximum atomic E-state index is 11.7. The summed E-state index contributed by atoms with van der Waals surface area (Å²) < 4.78 is 4.74. The lowest BCUT2D eigenvalue weighted by Crippen LogP contribution is -2.38. The molecular weight excluding hydrogens is 300 g/mol. The van der Waals surface area contributed by atoms with Gasteiger partial charge in [0.1, 0.15) is 11.8 Å². The number of Topliss-reactive ketones (excluding diaryl/α,β-unsaturated/α-hetero) is 1. The summed E-state index contributed by atoms with van der Waals surface area (Å²) in [5.74, 6) is -0.930. The molecule has 1 N–H and O–H groups in total. The molecule has 1 rings (SSSR count). The highest BCUT2D eigenvalue weighted by Crippen LogP contribution is 2.09. The summed E-state index contributed by atoms with van der Waals surface area (Å²) in [7, 11) is 0. The number of ether oxygens (including phenoxy) is 1. The van der Waals surface area contributed by atoms with E-state index in [1.54, 1.807) is 0 Å². The van der Waals surface area contributed by atoms with E-state index in [9.17, 15) is 14.4 Å². The van der Waals surface area contributed by atoms with Crippen LogP contribution in [0.5, 0.6) is 0 Å². The van der Waals surface area contributed by atoms with Crippen LogP contribution in [0.15, 0.2) is 5.11 Å². The van der Waals surface area contributed by atoms with Gasteiger partial charge in [-0.25, -0.2) is 4.79 Å². The quantitative estimate of drug-likeness (QED) is 0.148. The lowest BCUT2D eigenvalue weighted by Gasteiger charge is -2.08. The van der Waals surface area contributed by atoms with Crippen LogP contribution < -0.4 is 5.32 Å².